The fourth-order valence-corrected chi connectivity index (χ4v) is 4.09. The number of benzene rings is 2. The highest BCUT2D eigenvalue weighted by Gasteiger charge is 2.65. The summed E-state index contributed by atoms with van der Waals surface area (Å²) >= 11 is 0. The smallest absolute Gasteiger partial charge is 0.442 e. The highest BCUT2D eigenvalue weighted by molar-refractivity contribution is 5.78. The van der Waals surface area contributed by atoms with Gasteiger partial charge >= 0.3 is 11.8 Å². The number of amides is 2. The topological polar surface area (TPSA) is 101 Å². The standard InChI is InChI=1S/C26H25F3N4O4/c1-2-17-3-11-21(12-4-17)36-15-23(34)30-19-7-9-20(10-8-19)31-24(35)16-37-22-13-5-18(6-14-22)25(32-33-25)26(27,28)29/h1,3-6,11-14,19-20H,7-10,15-16H2,(H,30,34)(H,31,35)/t19-,20-. The predicted octanol–water partition coefficient (Wildman–Crippen LogP) is 3.85. The fraction of sp³-hybridized carbons (Fsp3) is 0.385. The van der Waals surface area contributed by atoms with Crippen LogP contribution in [0.2, 0.25) is 0 Å². The summed E-state index contributed by atoms with van der Waals surface area (Å²) in [7, 11) is 0. The predicted molar refractivity (Wildman–Crippen MR) is 127 cm³/mol. The maximum atomic E-state index is 13.1. The summed E-state index contributed by atoms with van der Waals surface area (Å²) in [4.78, 5) is 24.5. The Labute approximate surface area is 211 Å². The number of rotatable bonds is 9. The van der Waals surface area contributed by atoms with Gasteiger partial charge in [0.15, 0.2) is 13.2 Å². The molecule has 8 nitrogen and oxygen atoms in total. The fourth-order valence-electron chi connectivity index (χ4n) is 4.09. The van der Waals surface area contributed by atoms with Crippen LogP contribution in [0.15, 0.2) is 58.8 Å². The van der Waals surface area contributed by atoms with Gasteiger partial charge in [-0.25, -0.2) is 0 Å². The van der Waals surface area contributed by atoms with Crippen LogP contribution in [0.1, 0.15) is 36.8 Å². The van der Waals surface area contributed by atoms with Crippen molar-refractivity contribution in [3.63, 3.8) is 0 Å². The molecule has 194 valence electrons. The minimum absolute atomic E-state index is 0.00670. The summed E-state index contributed by atoms with van der Waals surface area (Å²) in [5.41, 5.74) is -1.86. The van der Waals surface area contributed by atoms with Gasteiger partial charge in [0.1, 0.15) is 11.5 Å². The lowest BCUT2D eigenvalue weighted by Gasteiger charge is -2.29. The minimum atomic E-state index is -4.60. The molecule has 2 amide bonds. The summed E-state index contributed by atoms with van der Waals surface area (Å²) in [6.45, 7) is -0.375. The number of halogens is 3. The largest absolute Gasteiger partial charge is 0.484 e. The van der Waals surface area contributed by atoms with Gasteiger partial charge in [0.25, 0.3) is 11.8 Å². The number of nitrogens with zero attached hydrogens (tertiary/aromatic N) is 2. The van der Waals surface area contributed by atoms with Crippen molar-refractivity contribution in [2.75, 3.05) is 13.2 Å². The van der Waals surface area contributed by atoms with Crippen molar-refractivity contribution in [1.29, 1.82) is 0 Å². The number of nitrogens with one attached hydrogen (secondary N) is 2. The van der Waals surface area contributed by atoms with E-state index < -0.39 is 11.8 Å². The molecule has 0 radical (unpaired) electrons. The zero-order chi connectivity index (χ0) is 26.5. The van der Waals surface area contributed by atoms with E-state index in [0.717, 1.165) is 5.56 Å². The number of carbonyl (C=O) groups is 2. The van der Waals surface area contributed by atoms with Crippen LogP contribution in [0.4, 0.5) is 13.2 Å². The van der Waals surface area contributed by atoms with Crippen molar-refractivity contribution in [3.05, 3.63) is 59.7 Å². The Hall–Kier alpha value is -4.07. The molecular weight excluding hydrogens is 489 g/mol. The summed E-state index contributed by atoms with van der Waals surface area (Å²) in [5.74, 6) is 2.77. The van der Waals surface area contributed by atoms with Crippen LogP contribution in [0.3, 0.4) is 0 Å². The molecule has 1 saturated carbocycles. The SMILES string of the molecule is C#Cc1ccc(OCC(=O)N[C@H]2CC[C@H](NC(=O)COc3ccc(C4(C(F)(F)F)N=N4)cc3)CC2)cc1. The molecule has 0 atom stereocenters. The normalized spacial score (nSPS) is 19.8. The Morgan fingerprint density at radius 1 is 0.865 bits per heavy atom. The average Bonchev–Trinajstić information content (AvgIpc) is 3.71. The number of terminal acetylenes is 1. The lowest BCUT2D eigenvalue weighted by atomic mass is 9.91. The number of carbonyl (C=O) groups excluding carboxylic acids is 2. The molecule has 2 aromatic rings. The second-order valence-electron chi connectivity index (χ2n) is 8.82. The van der Waals surface area contributed by atoms with Crippen LogP contribution in [-0.4, -0.2) is 43.3 Å². The summed E-state index contributed by atoms with van der Waals surface area (Å²) in [6.07, 6.45) is 3.49. The number of ether oxygens (including phenoxy) is 2. The van der Waals surface area contributed by atoms with E-state index in [2.05, 4.69) is 26.8 Å². The molecule has 0 bridgehead atoms. The Morgan fingerprint density at radius 2 is 1.30 bits per heavy atom. The van der Waals surface area contributed by atoms with E-state index in [4.69, 9.17) is 15.9 Å². The molecule has 1 fully saturated rings. The first-order valence-electron chi connectivity index (χ1n) is 11.7. The van der Waals surface area contributed by atoms with Crippen LogP contribution >= 0.6 is 0 Å². The highest BCUT2D eigenvalue weighted by Crippen LogP contribution is 2.52. The summed E-state index contributed by atoms with van der Waals surface area (Å²) in [5, 5.41) is 12.1. The van der Waals surface area contributed by atoms with Gasteiger partial charge in [-0.1, -0.05) is 18.1 Å². The van der Waals surface area contributed by atoms with E-state index in [0.29, 0.717) is 31.4 Å². The number of hydrogen-bond acceptors (Lipinski definition) is 6. The van der Waals surface area contributed by atoms with E-state index in [1.165, 1.54) is 24.3 Å². The number of hydrogen-bond donors (Lipinski definition) is 2. The number of alkyl halides is 3. The molecule has 1 aliphatic carbocycles. The van der Waals surface area contributed by atoms with Crippen molar-refractivity contribution in [2.45, 2.75) is 49.6 Å². The van der Waals surface area contributed by atoms with Crippen molar-refractivity contribution in [3.8, 4) is 23.8 Å². The third kappa shape index (κ3) is 6.58. The Bertz CT molecular complexity index is 1180. The molecule has 2 aliphatic rings. The second kappa shape index (κ2) is 10.9. The third-order valence-electron chi connectivity index (χ3n) is 6.17. The van der Waals surface area contributed by atoms with Crippen LogP contribution < -0.4 is 20.1 Å². The molecule has 0 unspecified atom stereocenters. The molecule has 0 spiro atoms. The van der Waals surface area contributed by atoms with Crippen molar-refractivity contribution in [1.82, 2.24) is 10.6 Å². The maximum absolute atomic E-state index is 13.1. The minimum Gasteiger partial charge on any atom is -0.484 e. The summed E-state index contributed by atoms with van der Waals surface area (Å²) in [6, 6.07) is 12.0. The monoisotopic (exact) mass is 514 g/mol. The van der Waals surface area contributed by atoms with E-state index in [-0.39, 0.29) is 48.4 Å². The highest BCUT2D eigenvalue weighted by atomic mass is 19.4. The Kier molecular flexibility index (Phi) is 7.66. The van der Waals surface area contributed by atoms with Crippen LogP contribution in [0.25, 0.3) is 0 Å². The molecule has 0 aromatic heterocycles. The van der Waals surface area contributed by atoms with Gasteiger partial charge in [0.05, 0.1) is 0 Å². The molecule has 2 aromatic carbocycles. The van der Waals surface area contributed by atoms with E-state index in [9.17, 15) is 22.8 Å². The first kappa shape index (κ1) is 26.0. The van der Waals surface area contributed by atoms with Crippen molar-refractivity contribution >= 4 is 11.8 Å². The van der Waals surface area contributed by atoms with Crippen LogP contribution in [-0.2, 0) is 15.3 Å². The van der Waals surface area contributed by atoms with Gasteiger partial charge < -0.3 is 20.1 Å². The molecule has 0 saturated heterocycles. The maximum Gasteiger partial charge on any atom is 0.442 e. The van der Waals surface area contributed by atoms with Crippen molar-refractivity contribution in [2.24, 2.45) is 10.2 Å². The molecule has 1 heterocycles. The second-order valence-corrected chi connectivity index (χ2v) is 8.82. The van der Waals surface area contributed by atoms with Gasteiger partial charge in [-0.3, -0.25) is 9.59 Å². The van der Waals surface area contributed by atoms with E-state index >= 15 is 0 Å². The molecule has 2 N–H and O–H groups in total. The van der Waals surface area contributed by atoms with E-state index in [1.54, 1.807) is 24.3 Å². The lowest BCUT2D eigenvalue weighted by Crippen LogP contribution is -2.45. The lowest BCUT2D eigenvalue weighted by molar-refractivity contribution is -0.166. The molecule has 4 rings (SSSR count). The Morgan fingerprint density at radius 3 is 1.68 bits per heavy atom. The quantitative estimate of drug-likeness (QED) is 0.497. The first-order valence-corrected chi connectivity index (χ1v) is 11.7. The Balaban J connectivity index is 1.12. The first-order chi connectivity index (χ1) is 17.7. The molecule has 11 heteroatoms. The van der Waals surface area contributed by atoms with Crippen molar-refractivity contribution < 1.29 is 32.2 Å². The van der Waals surface area contributed by atoms with Gasteiger partial charge in [-0.15, -0.1) is 16.7 Å². The average molecular weight is 515 g/mol. The molecule has 1 aliphatic heterocycles. The third-order valence-corrected chi connectivity index (χ3v) is 6.17. The molecule has 37 heavy (non-hydrogen) atoms. The summed E-state index contributed by atoms with van der Waals surface area (Å²) < 4.78 is 50.1. The van der Waals surface area contributed by atoms with Gasteiger partial charge in [0.2, 0.25) is 0 Å². The molecular formula is C26H25F3N4O4. The van der Waals surface area contributed by atoms with Gasteiger partial charge in [-0.2, -0.15) is 13.2 Å². The van der Waals surface area contributed by atoms with Crippen LogP contribution in [0, 0.1) is 12.3 Å². The zero-order valence-corrected chi connectivity index (χ0v) is 19.8. The van der Waals surface area contributed by atoms with Gasteiger partial charge in [-0.05, 0) is 62.1 Å². The van der Waals surface area contributed by atoms with Gasteiger partial charge in [0, 0.05) is 23.2 Å². The van der Waals surface area contributed by atoms with E-state index in [1.807, 2.05) is 0 Å². The van der Waals surface area contributed by atoms with Crippen LogP contribution in [0.5, 0.6) is 11.5 Å². The zero-order valence-electron chi connectivity index (χ0n) is 19.8.